The number of hydrogen-bond acceptors (Lipinski definition) is 4. The summed E-state index contributed by atoms with van der Waals surface area (Å²) in [6, 6.07) is 9.99. The lowest BCUT2D eigenvalue weighted by Gasteiger charge is -2.43. The number of rotatable bonds is 3. The third-order valence-corrected chi connectivity index (χ3v) is 5.69. The number of aliphatic hydroxyl groups is 1. The lowest BCUT2D eigenvalue weighted by Crippen LogP contribution is -2.51. The van der Waals surface area contributed by atoms with Crippen LogP contribution in [0.1, 0.15) is 35.3 Å². The molecule has 3 heterocycles. The molecule has 146 valence electrons. The summed E-state index contributed by atoms with van der Waals surface area (Å²) in [4.78, 5) is 37.7. The number of piperidine rings is 1. The molecule has 7 nitrogen and oxygen atoms in total. The molecule has 28 heavy (non-hydrogen) atoms. The molecule has 2 aromatic rings. The van der Waals surface area contributed by atoms with E-state index in [1.807, 2.05) is 6.07 Å². The van der Waals surface area contributed by atoms with Gasteiger partial charge in [-0.3, -0.25) is 9.59 Å². The number of fused-ring (bicyclic) bond motifs is 4. The number of benzene rings is 1. The molecule has 1 aromatic carbocycles. The quantitative estimate of drug-likeness (QED) is 0.839. The topological polar surface area (TPSA) is 99.8 Å². The molecule has 1 amide bonds. The average molecular weight is 382 g/mol. The number of pyridine rings is 1. The van der Waals surface area contributed by atoms with Crippen molar-refractivity contribution in [2.45, 2.75) is 31.9 Å². The minimum absolute atomic E-state index is 0.0427. The maximum atomic E-state index is 12.7. The third kappa shape index (κ3) is 3.22. The van der Waals surface area contributed by atoms with Crippen LogP contribution >= 0.6 is 0 Å². The van der Waals surface area contributed by atoms with Crippen molar-refractivity contribution in [3.8, 4) is 11.1 Å². The number of carboxylic acids is 1. The number of carbonyl (C=O) groups is 2. The van der Waals surface area contributed by atoms with E-state index >= 15 is 0 Å². The fraction of sp³-hybridized carbons (Fsp3) is 0.381. The van der Waals surface area contributed by atoms with E-state index in [2.05, 4.69) is 0 Å². The van der Waals surface area contributed by atoms with Crippen LogP contribution in [0.2, 0.25) is 0 Å². The fourth-order valence-corrected chi connectivity index (χ4v) is 4.38. The second kappa shape index (κ2) is 6.91. The van der Waals surface area contributed by atoms with E-state index in [0.717, 1.165) is 23.2 Å². The van der Waals surface area contributed by atoms with Crippen LogP contribution < -0.4 is 5.56 Å². The zero-order chi connectivity index (χ0) is 20.0. The van der Waals surface area contributed by atoms with Gasteiger partial charge < -0.3 is 19.7 Å². The van der Waals surface area contributed by atoms with Crippen LogP contribution in [0.15, 0.2) is 41.2 Å². The molecule has 0 unspecified atom stereocenters. The molecule has 2 aliphatic heterocycles. The van der Waals surface area contributed by atoms with Crippen molar-refractivity contribution in [3.63, 3.8) is 0 Å². The van der Waals surface area contributed by atoms with Crippen LogP contribution in [0.4, 0.5) is 0 Å². The Morgan fingerprint density at radius 1 is 1.07 bits per heavy atom. The van der Waals surface area contributed by atoms with Gasteiger partial charge in [-0.15, -0.1) is 0 Å². The van der Waals surface area contributed by atoms with Crippen molar-refractivity contribution in [1.29, 1.82) is 0 Å². The third-order valence-electron chi connectivity index (χ3n) is 5.69. The Kier molecular flexibility index (Phi) is 4.55. The first kappa shape index (κ1) is 18.4. The fourth-order valence-electron chi connectivity index (χ4n) is 4.38. The summed E-state index contributed by atoms with van der Waals surface area (Å²) in [5.41, 5.74) is 2.52. The van der Waals surface area contributed by atoms with E-state index in [0.29, 0.717) is 19.6 Å². The molecule has 2 aliphatic rings. The van der Waals surface area contributed by atoms with Crippen LogP contribution in [0, 0.1) is 5.92 Å². The summed E-state index contributed by atoms with van der Waals surface area (Å²) in [5, 5.41) is 18.7. The van der Waals surface area contributed by atoms with Gasteiger partial charge in [0, 0.05) is 37.3 Å². The van der Waals surface area contributed by atoms with Crippen LogP contribution in [-0.2, 0) is 11.3 Å². The Hall–Kier alpha value is -2.93. The standard InChI is InChI=1S/C21H22N2O5/c1-12(24)20(26)22-9-13-6-17(11-22)18-7-16(8-19(25)23(18)10-13)14-2-4-15(5-3-14)21(27)28/h2-5,7-8,12-13,17,24H,6,9-11H2,1H3,(H,27,28)/t12-,13-,17+/m0/s1. The molecule has 0 aliphatic carbocycles. The zero-order valence-electron chi connectivity index (χ0n) is 15.5. The van der Waals surface area contributed by atoms with Crippen LogP contribution in [0.3, 0.4) is 0 Å². The number of aromatic carboxylic acids is 1. The van der Waals surface area contributed by atoms with E-state index in [4.69, 9.17) is 5.11 Å². The van der Waals surface area contributed by atoms with Crippen molar-refractivity contribution < 1.29 is 19.8 Å². The zero-order valence-corrected chi connectivity index (χ0v) is 15.5. The minimum atomic E-state index is -1.03. The van der Waals surface area contributed by atoms with Gasteiger partial charge >= 0.3 is 5.97 Å². The van der Waals surface area contributed by atoms with Crippen molar-refractivity contribution >= 4 is 11.9 Å². The number of aliphatic hydroxyl groups excluding tert-OH is 1. The number of nitrogens with zero attached hydrogens (tertiary/aromatic N) is 2. The Morgan fingerprint density at radius 3 is 2.43 bits per heavy atom. The minimum Gasteiger partial charge on any atom is -0.478 e. The predicted molar refractivity (Wildman–Crippen MR) is 102 cm³/mol. The largest absolute Gasteiger partial charge is 0.478 e. The van der Waals surface area contributed by atoms with Crippen LogP contribution in [-0.4, -0.2) is 50.8 Å². The average Bonchev–Trinajstić information content (AvgIpc) is 2.68. The molecule has 1 aromatic heterocycles. The molecule has 3 atom stereocenters. The van der Waals surface area contributed by atoms with Gasteiger partial charge in [-0.1, -0.05) is 12.1 Å². The van der Waals surface area contributed by atoms with E-state index in [-0.39, 0.29) is 28.9 Å². The van der Waals surface area contributed by atoms with Gasteiger partial charge in [0.15, 0.2) is 0 Å². The summed E-state index contributed by atoms with van der Waals surface area (Å²) in [6.45, 7) is 3.09. The number of amides is 1. The molecule has 0 saturated carbocycles. The van der Waals surface area contributed by atoms with Gasteiger partial charge in [-0.25, -0.2) is 4.79 Å². The van der Waals surface area contributed by atoms with E-state index in [1.54, 1.807) is 27.7 Å². The smallest absolute Gasteiger partial charge is 0.335 e. The molecular weight excluding hydrogens is 360 g/mol. The number of aromatic nitrogens is 1. The van der Waals surface area contributed by atoms with E-state index in [9.17, 15) is 19.5 Å². The Balaban J connectivity index is 1.70. The molecule has 2 N–H and O–H groups in total. The molecule has 2 bridgehead atoms. The van der Waals surface area contributed by atoms with Gasteiger partial charge in [-0.05, 0) is 48.6 Å². The van der Waals surface area contributed by atoms with Crippen molar-refractivity contribution in [2.24, 2.45) is 5.92 Å². The highest BCUT2D eigenvalue weighted by Crippen LogP contribution is 2.36. The van der Waals surface area contributed by atoms with Crippen molar-refractivity contribution in [1.82, 2.24) is 9.47 Å². The van der Waals surface area contributed by atoms with Crippen LogP contribution in [0.5, 0.6) is 0 Å². The second-order valence-electron chi connectivity index (χ2n) is 7.72. The maximum absolute atomic E-state index is 12.7. The summed E-state index contributed by atoms with van der Waals surface area (Å²) in [5.74, 6) is -1.02. The van der Waals surface area contributed by atoms with Crippen LogP contribution in [0.25, 0.3) is 11.1 Å². The van der Waals surface area contributed by atoms with E-state index in [1.165, 1.54) is 19.1 Å². The highest BCUT2D eigenvalue weighted by Gasteiger charge is 2.37. The van der Waals surface area contributed by atoms with Gasteiger partial charge in [-0.2, -0.15) is 0 Å². The Bertz CT molecular complexity index is 993. The Labute approximate surface area is 161 Å². The molecule has 4 rings (SSSR count). The number of hydrogen-bond donors (Lipinski definition) is 2. The highest BCUT2D eigenvalue weighted by atomic mass is 16.4. The maximum Gasteiger partial charge on any atom is 0.335 e. The molecule has 1 saturated heterocycles. The van der Waals surface area contributed by atoms with Gasteiger partial charge in [0.1, 0.15) is 6.10 Å². The summed E-state index contributed by atoms with van der Waals surface area (Å²) in [6.07, 6.45) is -0.121. The second-order valence-corrected chi connectivity index (χ2v) is 7.72. The lowest BCUT2D eigenvalue weighted by molar-refractivity contribution is -0.142. The number of likely N-dealkylation sites (tertiary alicyclic amines) is 1. The first-order valence-corrected chi connectivity index (χ1v) is 9.39. The molecule has 0 radical (unpaired) electrons. The van der Waals surface area contributed by atoms with Crippen molar-refractivity contribution in [2.75, 3.05) is 13.1 Å². The van der Waals surface area contributed by atoms with Gasteiger partial charge in [0.25, 0.3) is 11.5 Å². The van der Waals surface area contributed by atoms with Crippen molar-refractivity contribution in [3.05, 3.63) is 58.0 Å². The predicted octanol–water partition coefficient (Wildman–Crippen LogP) is 1.54. The molecule has 1 fully saturated rings. The highest BCUT2D eigenvalue weighted by molar-refractivity contribution is 5.88. The number of carboxylic acid groups (broad SMARTS) is 1. The van der Waals surface area contributed by atoms with Gasteiger partial charge in [0.05, 0.1) is 5.56 Å². The first-order chi connectivity index (χ1) is 13.3. The molecule has 7 heteroatoms. The summed E-state index contributed by atoms with van der Waals surface area (Å²) >= 11 is 0. The molecular formula is C21H22N2O5. The normalized spacial score (nSPS) is 21.7. The first-order valence-electron chi connectivity index (χ1n) is 9.39. The van der Waals surface area contributed by atoms with E-state index < -0.39 is 12.1 Å². The lowest BCUT2D eigenvalue weighted by atomic mass is 9.82. The summed E-state index contributed by atoms with van der Waals surface area (Å²) in [7, 11) is 0. The Morgan fingerprint density at radius 2 is 1.79 bits per heavy atom. The number of carbonyl (C=O) groups excluding carboxylic acids is 1. The summed E-state index contributed by atoms with van der Waals surface area (Å²) < 4.78 is 1.79. The molecule has 0 spiro atoms. The van der Waals surface area contributed by atoms with Gasteiger partial charge in [0.2, 0.25) is 0 Å². The SMILES string of the molecule is C[C@H](O)C(=O)N1C[C@@H]2C[C@H](C1)c1cc(-c3ccc(C(=O)O)cc3)cc(=O)n1C2. The monoisotopic (exact) mass is 382 g/mol.